The lowest BCUT2D eigenvalue weighted by molar-refractivity contribution is 1.18. The molecule has 0 bridgehead atoms. The van der Waals surface area contributed by atoms with Crippen LogP contribution in [0.1, 0.15) is 16.7 Å². The van der Waals surface area contributed by atoms with Crippen LogP contribution in [0, 0.1) is 34.0 Å². The van der Waals surface area contributed by atoms with Gasteiger partial charge in [-0.2, -0.15) is 15.8 Å². The standard InChI is InChI=1S/C45H25N5/c46-26-29-18-21-43-40(22-29)37-13-4-6-15-42(37)50(43)45-24-31(28-48)16-19-38(45)35-11-2-1-10-34(35)32-8-7-9-33(25-32)49-41-14-5-3-12-36(41)39-20-17-30(27-47)23-44(39)49/h1-25H. The summed E-state index contributed by atoms with van der Waals surface area (Å²) in [4.78, 5) is 0. The van der Waals surface area contributed by atoms with Crippen LogP contribution in [0.15, 0.2) is 152 Å². The Morgan fingerprint density at radius 1 is 0.360 bits per heavy atom. The van der Waals surface area contributed by atoms with Crippen LogP contribution in [-0.4, -0.2) is 9.13 Å². The fourth-order valence-electron chi connectivity index (χ4n) is 7.42. The summed E-state index contributed by atoms with van der Waals surface area (Å²) in [5.74, 6) is 0. The number of fused-ring (bicyclic) bond motifs is 6. The van der Waals surface area contributed by atoms with Crippen LogP contribution >= 0.6 is 0 Å². The molecule has 0 saturated carbocycles. The summed E-state index contributed by atoms with van der Waals surface area (Å²) in [5, 5.41) is 33.7. The topological polar surface area (TPSA) is 81.2 Å². The lowest BCUT2D eigenvalue weighted by atomic mass is 9.92. The van der Waals surface area contributed by atoms with E-state index in [-0.39, 0.29) is 0 Å². The molecule has 0 radical (unpaired) electrons. The maximum atomic E-state index is 10.0. The van der Waals surface area contributed by atoms with Crippen LogP contribution in [0.5, 0.6) is 0 Å². The molecule has 2 heterocycles. The molecule has 0 unspecified atom stereocenters. The van der Waals surface area contributed by atoms with Gasteiger partial charge in [-0.25, -0.2) is 0 Å². The highest BCUT2D eigenvalue weighted by Crippen LogP contribution is 2.41. The lowest BCUT2D eigenvalue weighted by Gasteiger charge is -2.18. The predicted molar refractivity (Wildman–Crippen MR) is 200 cm³/mol. The van der Waals surface area contributed by atoms with Gasteiger partial charge < -0.3 is 9.13 Å². The minimum Gasteiger partial charge on any atom is -0.309 e. The van der Waals surface area contributed by atoms with Gasteiger partial charge in [-0.1, -0.05) is 84.9 Å². The van der Waals surface area contributed by atoms with E-state index in [0.29, 0.717) is 16.7 Å². The molecule has 0 aliphatic rings. The number of rotatable bonds is 4. The van der Waals surface area contributed by atoms with Crippen molar-refractivity contribution < 1.29 is 0 Å². The van der Waals surface area contributed by atoms with Crippen molar-refractivity contribution in [1.82, 2.24) is 9.13 Å². The van der Waals surface area contributed by atoms with Gasteiger partial charge in [0.2, 0.25) is 0 Å². The van der Waals surface area contributed by atoms with Gasteiger partial charge in [0.15, 0.2) is 0 Å². The number of benzene rings is 7. The molecular formula is C45H25N5. The SMILES string of the molecule is N#Cc1ccc(-c2ccccc2-c2cccc(-n3c4ccccc4c4ccc(C#N)cc43)c2)c(-n2c3ccccc3c3cc(C#N)ccc32)c1. The molecule has 9 aromatic rings. The van der Waals surface area contributed by atoms with E-state index in [1.165, 1.54) is 0 Å². The van der Waals surface area contributed by atoms with Crippen LogP contribution in [0.2, 0.25) is 0 Å². The molecule has 9 rings (SSSR count). The van der Waals surface area contributed by atoms with Crippen LogP contribution in [-0.2, 0) is 0 Å². The molecular weight excluding hydrogens is 611 g/mol. The average molecular weight is 636 g/mol. The van der Waals surface area contributed by atoms with E-state index >= 15 is 0 Å². The van der Waals surface area contributed by atoms with Crippen LogP contribution < -0.4 is 0 Å². The summed E-state index contributed by atoms with van der Waals surface area (Å²) in [6.45, 7) is 0. The van der Waals surface area contributed by atoms with Crippen molar-refractivity contribution in [1.29, 1.82) is 15.8 Å². The molecule has 0 N–H and O–H groups in total. The Morgan fingerprint density at radius 2 is 0.940 bits per heavy atom. The van der Waals surface area contributed by atoms with Crippen molar-refractivity contribution in [2.75, 3.05) is 0 Å². The first-order chi connectivity index (χ1) is 24.7. The van der Waals surface area contributed by atoms with Crippen LogP contribution in [0.25, 0.3) is 77.2 Å². The molecule has 0 aliphatic carbocycles. The Hall–Kier alpha value is -7.39. The third kappa shape index (κ3) is 4.38. The first-order valence-electron chi connectivity index (χ1n) is 16.3. The fourth-order valence-corrected chi connectivity index (χ4v) is 7.42. The second kappa shape index (κ2) is 11.4. The maximum Gasteiger partial charge on any atom is 0.0992 e. The normalized spacial score (nSPS) is 11.1. The smallest absolute Gasteiger partial charge is 0.0992 e. The van der Waals surface area contributed by atoms with Crippen molar-refractivity contribution in [3.8, 4) is 51.8 Å². The highest BCUT2D eigenvalue weighted by Gasteiger charge is 2.19. The van der Waals surface area contributed by atoms with Gasteiger partial charge >= 0.3 is 0 Å². The maximum absolute atomic E-state index is 10.0. The Labute approximate surface area is 287 Å². The number of para-hydroxylation sites is 2. The zero-order valence-corrected chi connectivity index (χ0v) is 26.7. The molecule has 0 saturated heterocycles. The number of aromatic nitrogens is 2. The molecule has 2 aromatic heterocycles. The summed E-state index contributed by atoms with van der Waals surface area (Å²) in [6, 6.07) is 57.9. The third-order valence-corrected chi connectivity index (χ3v) is 9.60. The minimum atomic E-state index is 0.561. The van der Waals surface area contributed by atoms with Crippen LogP contribution in [0.3, 0.4) is 0 Å². The first-order valence-corrected chi connectivity index (χ1v) is 16.3. The Morgan fingerprint density at radius 3 is 1.72 bits per heavy atom. The monoisotopic (exact) mass is 635 g/mol. The summed E-state index contributed by atoms with van der Waals surface area (Å²) in [7, 11) is 0. The van der Waals surface area contributed by atoms with E-state index in [0.717, 1.165) is 77.2 Å². The van der Waals surface area contributed by atoms with Gasteiger partial charge in [0.05, 0.1) is 62.7 Å². The van der Waals surface area contributed by atoms with Gasteiger partial charge in [0.1, 0.15) is 0 Å². The van der Waals surface area contributed by atoms with Crippen LogP contribution in [0.4, 0.5) is 0 Å². The summed E-state index contributed by atoms with van der Waals surface area (Å²) >= 11 is 0. The zero-order valence-electron chi connectivity index (χ0n) is 26.7. The summed E-state index contributed by atoms with van der Waals surface area (Å²) < 4.78 is 4.44. The number of nitriles is 3. The second-order valence-corrected chi connectivity index (χ2v) is 12.3. The fraction of sp³-hybridized carbons (Fsp3) is 0. The average Bonchev–Trinajstić information content (AvgIpc) is 3.69. The van der Waals surface area contributed by atoms with Crippen molar-refractivity contribution in [3.63, 3.8) is 0 Å². The first kappa shape index (κ1) is 28.8. The van der Waals surface area contributed by atoms with Gasteiger partial charge in [0.25, 0.3) is 0 Å². The highest BCUT2D eigenvalue weighted by molar-refractivity contribution is 6.11. The number of hydrogen-bond acceptors (Lipinski definition) is 3. The second-order valence-electron chi connectivity index (χ2n) is 12.3. The minimum absolute atomic E-state index is 0.561. The van der Waals surface area contributed by atoms with Crippen molar-refractivity contribution in [2.45, 2.75) is 0 Å². The van der Waals surface area contributed by atoms with Crippen molar-refractivity contribution >= 4 is 43.6 Å². The molecule has 0 atom stereocenters. The zero-order chi connectivity index (χ0) is 33.8. The number of hydrogen-bond donors (Lipinski definition) is 0. The molecule has 5 nitrogen and oxygen atoms in total. The quantitative estimate of drug-likeness (QED) is 0.193. The Kier molecular flexibility index (Phi) is 6.56. The summed E-state index contributed by atoms with van der Waals surface area (Å²) in [6.07, 6.45) is 0. The van der Waals surface area contributed by atoms with Gasteiger partial charge in [-0.3, -0.25) is 0 Å². The molecule has 0 aliphatic heterocycles. The molecule has 0 fully saturated rings. The van der Waals surface area contributed by atoms with Gasteiger partial charge in [-0.05, 0) is 83.4 Å². The van der Waals surface area contributed by atoms with Crippen molar-refractivity contribution in [2.24, 2.45) is 0 Å². The van der Waals surface area contributed by atoms with Gasteiger partial charge in [0, 0.05) is 32.8 Å². The van der Waals surface area contributed by atoms with E-state index in [2.05, 4.69) is 94.1 Å². The lowest BCUT2D eigenvalue weighted by Crippen LogP contribution is -1.99. The molecule has 5 heteroatoms. The van der Waals surface area contributed by atoms with Crippen molar-refractivity contribution in [3.05, 3.63) is 168 Å². The number of nitrogens with zero attached hydrogens (tertiary/aromatic N) is 5. The van der Waals surface area contributed by atoms with E-state index in [9.17, 15) is 15.8 Å². The van der Waals surface area contributed by atoms with Gasteiger partial charge in [-0.15, -0.1) is 0 Å². The van der Waals surface area contributed by atoms with E-state index in [4.69, 9.17) is 0 Å². The van der Waals surface area contributed by atoms with E-state index in [1.54, 1.807) is 0 Å². The molecule has 7 aromatic carbocycles. The molecule has 0 spiro atoms. The Bertz CT molecular complexity index is 2970. The van der Waals surface area contributed by atoms with E-state index < -0.39 is 0 Å². The summed E-state index contributed by atoms with van der Waals surface area (Å²) in [5.41, 5.74) is 11.8. The Balaban J connectivity index is 1.28. The third-order valence-electron chi connectivity index (χ3n) is 9.60. The highest BCUT2D eigenvalue weighted by atomic mass is 15.0. The molecule has 50 heavy (non-hydrogen) atoms. The molecule has 0 amide bonds. The van der Waals surface area contributed by atoms with E-state index in [1.807, 2.05) is 84.9 Å². The largest absolute Gasteiger partial charge is 0.309 e. The predicted octanol–water partition coefficient (Wildman–Crippen LogP) is 10.8. The molecule has 230 valence electrons.